The van der Waals surface area contributed by atoms with Gasteiger partial charge in [-0.05, 0) is 26.3 Å². The largest absolute Gasteiger partial charge is 0.348 e. The van der Waals surface area contributed by atoms with E-state index in [9.17, 15) is 4.79 Å². The summed E-state index contributed by atoms with van der Waals surface area (Å²) < 4.78 is 1.74. The van der Waals surface area contributed by atoms with Gasteiger partial charge in [-0.3, -0.25) is 4.79 Å². The van der Waals surface area contributed by atoms with Gasteiger partial charge in [0.25, 0.3) is 5.91 Å². The van der Waals surface area contributed by atoms with E-state index in [0.29, 0.717) is 11.7 Å². The molecule has 5 nitrogen and oxygen atoms in total. The van der Waals surface area contributed by atoms with Crippen molar-refractivity contribution in [2.24, 2.45) is 7.05 Å². The van der Waals surface area contributed by atoms with Gasteiger partial charge >= 0.3 is 0 Å². The zero-order valence-electron chi connectivity index (χ0n) is 9.73. The molecule has 1 aliphatic rings. The van der Waals surface area contributed by atoms with E-state index in [2.05, 4.69) is 22.5 Å². The number of hydrogen-bond acceptors (Lipinski definition) is 3. The van der Waals surface area contributed by atoms with Crippen molar-refractivity contribution in [2.45, 2.75) is 31.8 Å². The van der Waals surface area contributed by atoms with Crippen LogP contribution < -0.4 is 10.6 Å². The number of nitrogens with one attached hydrogen (secondary N) is 2. The average Bonchev–Trinajstić information content (AvgIpc) is 2.64. The van der Waals surface area contributed by atoms with Crippen LogP contribution in [0.5, 0.6) is 0 Å². The minimum Gasteiger partial charge on any atom is -0.348 e. The predicted molar refractivity (Wildman–Crippen MR) is 61.2 cm³/mol. The van der Waals surface area contributed by atoms with Gasteiger partial charge in [0, 0.05) is 19.1 Å². The van der Waals surface area contributed by atoms with Crippen LogP contribution in [0.15, 0.2) is 12.5 Å². The maximum absolute atomic E-state index is 11.9. The lowest BCUT2D eigenvalue weighted by atomic mass is 10.0. The Morgan fingerprint density at radius 3 is 3.12 bits per heavy atom. The van der Waals surface area contributed by atoms with Crippen LogP contribution in [0.2, 0.25) is 0 Å². The zero-order valence-corrected chi connectivity index (χ0v) is 9.73. The first kappa shape index (κ1) is 11.1. The van der Waals surface area contributed by atoms with E-state index in [1.165, 1.54) is 0 Å². The topological polar surface area (TPSA) is 59.0 Å². The highest BCUT2D eigenvalue weighted by Crippen LogP contribution is 2.09. The summed E-state index contributed by atoms with van der Waals surface area (Å²) in [7, 11) is 1.83. The summed E-state index contributed by atoms with van der Waals surface area (Å²) in [6.45, 7) is 3.11. The zero-order chi connectivity index (χ0) is 11.5. The number of carbonyl (C=O) groups excluding carboxylic acids is 1. The summed E-state index contributed by atoms with van der Waals surface area (Å²) in [5.74, 6) is -0.0286. The monoisotopic (exact) mass is 222 g/mol. The molecule has 2 unspecified atom stereocenters. The SMILES string of the molecule is CC1CC(NC(=O)c2cncn2C)CCN1. The van der Waals surface area contributed by atoms with Crippen molar-refractivity contribution >= 4 is 5.91 Å². The Morgan fingerprint density at radius 2 is 2.50 bits per heavy atom. The normalized spacial score (nSPS) is 25.4. The average molecular weight is 222 g/mol. The second-order valence-corrected chi connectivity index (χ2v) is 4.44. The Labute approximate surface area is 95.2 Å². The van der Waals surface area contributed by atoms with Gasteiger partial charge in [0.2, 0.25) is 0 Å². The summed E-state index contributed by atoms with van der Waals surface area (Å²) in [5.41, 5.74) is 0.617. The molecule has 2 atom stereocenters. The van der Waals surface area contributed by atoms with Crippen LogP contribution in [0.1, 0.15) is 30.3 Å². The lowest BCUT2D eigenvalue weighted by Crippen LogP contribution is -2.46. The van der Waals surface area contributed by atoms with Crippen LogP contribution in [-0.4, -0.2) is 34.1 Å². The van der Waals surface area contributed by atoms with Crippen molar-refractivity contribution in [1.29, 1.82) is 0 Å². The third-order valence-electron chi connectivity index (χ3n) is 3.01. The molecule has 1 aliphatic heterocycles. The molecule has 1 aromatic heterocycles. The fourth-order valence-corrected chi connectivity index (χ4v) is 2.10. The molecule has 0 spiro atoms. The van der Waals surface area contributed by atoms with E-state index in [-0.39, 0.29) is 11.9 Å². The number of hydrogen-bond donors (Lipinski definition) is 2. The third kappa shape index (κ3) is 2.41. The summed E-state index contributed by atoms with van der Waals surface area (Å²) in [5, 5.41) is 6.42. The Hall–Kier alpha value is -1.36. The maximum atomic E-state index is 11.9. The summed E-state index contributed by atoms with van der Waals surface area (Å²) >= 11 is 0. The minimum atomic E-state index is -0.0286. The standard InChI is InChI=1S/C11H18N4O/c1-8-5-9(3-4-13-8)14-11(16)10-6-12-7-15(10)2/h6-9,13H,3-5H2,1-2H3,(H,14,16). The Morgan fingerprint density at radius 1 is 1.69 bits per heavy atom. The van der Waals surface area contributed by atoms with E-state index in [1.807, 2.05) is 7.05 Å². The summed E-state index contributed by atoms with van der Waals surface area (Å²) in [6.07, 6.45) is 5.22. The summed E-state index contributed by atoms with van der Waals surface area (Å²) in [6, 6.07) is 0.754. The van der Waals surface area contributed by atoms with E-state index < -0.39 is 0 Å². The highest BCUT2D eigenvalue weighted by Gasteiger charge is 2.21. The van der Waals surface area contributed by atoms with Gasteiger partial charge in [0.1, 0.15) is 5.69 Å². The molecule has 1 saturated heterocycles. The lowest BCUT2D eigenvalue weighted by Gasteiger charge is -2.28. The van der Waals surface area contributed by atoms with Crippen LogP contribution >= 0.6 is 0 Å². The van der Waals surface area contributed by atoms with Crippen molar-refractivity contribution in [2.75, 3.05) is 6.54 Å². The Kier molecular flexibility index (Phi) is 3.24. The molecule has 2 rings (SSSR count). The molecule has 1 aromatic rings. The second kappa shape index (κ2) is 4.65. The van der Waals surface area contributed by atoms with Gasteiger partial charge < -0.3 is 15.2 Å². The second-order valence-electron chi connectivity index (χ2n) is 4.44. The maximum Gasteiger partial charge on any atom is 0.269 e. The molecular formula is C11H18N4O. The number of imidazole rings is 1. The first-order valence-corrected chi connectivity index (χ1v) is 5.67. The van der Waals surface area contributed by atoms with Crippen LogP contribution in [0.4, 0.5) is 0 Å². The molecule has 1 amide bonds. The van der Waals surface area contributed by atoms with E-state index in [0.717, 1.165) is 19.4 Å². The molecule has 0 aromatic carbocycles. The van der Waals surface area contributed by atoms with Crippen molar-refractivity contribution in [3.05, 3.63) is 18.2 Å². The molecule has 0 aliphatic carbocycles. The first-order chi connectivity index (χ1) is 7.66. The molecule has 5 heteroatoms. The Bertz CT molecular complexity index is 374. The molecule has 1 fully saturated rings. The number of nitrogens with zero attached hydrogens (tertiary/aromatic N) is 2. The number of rotatable bonds is 2. The van der Waals surface area contributed by atoms with Gasteiger partial charge in [-0.1, -0.05) is 0 Å². The van der Waals surface area contributed by atoms with Crippen LogP contribution in [0.3, 0.4) is 0 Å². The third-order valence-corrected chi connectivity index (χ3v) is 3.01. The van der Waals surface area contributed by atoms with E-state index in [1.54, 1.807) is 17.1 Å². The Balaban J connectivity index is 1.95. The van der Waals surface area contributed by atoms with Crippen LogP contribution in [-0.2, 0) is 7.05 Å². The van der Waals surface area contributed by atoms with Crippen molar-refractivity contribution in [3.63, 3.8) is 0 Å². The molecule has 0 bridgehead atoms. The predicted octanol–water partition coefficient (Wildman–Crippen LogP) is 0.290. The number of aromatic nitrogens is 2. The van der Waals surface area contributed by atoms with E-state index in [4.69, 9.17) is 0 Å². The number of carbonyl (C=O) groups is 1. The highest BCUT2D eigenvalue weighted by atomic mass is 16.2. The molecule has 2 N–H and O–H groups in total. The molecule has 88 valence electrons. The van der Waals surface area contributed by atoms with Crippen molar-refractivity contribution in [1.82, 2.24) is 20.2 Å². The molecule has 16 heavy (non-hydrogen) atoms. The van der Waals surface area contributed by atoms with Crippen LogP contribution in [0.25, 0.3) is 0 Å². The van der Waals surface area contributed by atoms with Gasteiger partial charge in [0.05, 0.1) is 12.5 Å². The van der Waals surface area contributed by atoms with Crippen molar-refractivity contribution in [3.8, 4) is 0 Å². The number of piperidine rings is 1. The minimum absolute atomic E-state index is 0.0286. The quantitative estimate of drug-likeness (QED) is 0.756. The van der Waals surface area contributed by atoms with Gasteiger partial charge in [0.15, 0.2) is 0 Å². The first-order valence-electron chi connectivity index (χ1n) is 5.67. The molecule has 2 heterocycles. The smallest absolute Gasteiger partial charge is 0.269 e. The van der Waals surface area contributed by atoms with E-state index >= 15 is 0 Å². The van der Waals surface area contributed by atoms with Gasteiger partial charge in [-0.2, -0.15) is 0 Å². The fourth-order valence-electron chi connectivity index (χ4n) is 2.10. The highest BCUT2D eigenvalue weighted by molar-refractivity contribution is 5.92. The number of aryl methyl sites for hydroxylation is 1. The molecule has 0 saturated carbocycles. The fraction of sp³-hybridized carbons (Fsp3) is 0.636. The lowest BCUT2D eigenvalue weighted by molar-refractivity contribution is 0.0917. The van der Waals surface area contributed by atoms with Gasteiger partial charge in [-0.15, -0.1) is 0 Å². The summed E-state index contributed by atoms with van der Waals surface area (Å²) in [4.78, 5) is 15.8. The molecular weight excluding hydrogens is 204 g/mol. The van der Waals surface area contributed by atoms with Gasteiger partial charge in [-0.25, -0.2) is 4.98 Å². The molecule has 0 radical (unpaired) electrons. The number of amides is 1. The van der Waals surface area contributed by atoms with Crippen molar-refractivity contribution < 1.29 is 4.79 Å². The van der Waals surface area contributed by atoms with Crippen LogP contribution in [0, 0.1) is 0 Å².